The number of amides is 4. The molecule has 1 aliphatic heterocycles. The van der Waals surface area contributed by atoms with Crippen molar-refractivity contribution in [3.63, 3.8) is 0 Å². The van der Waals surface area contributed by atoms with E-state index in [-0.39, 0.29) is 28.7 Å². The summed E-state index contributed by atoms with van der Waals surface area (Å²) in [6.45, 7) is 13.0. The number of hydrogen-bond donors (Lipinski definition) is 0. The van der Waals surface area contributed by atoms with Crippen molar-refractivity contribution < 1.29 is 24.0 Å². The second kappa shape index (κ2) is 8.92. The molecule has 4 amide bonds. The fourth-order valence-corrected chi connectivity index (χ4v) is 7.14. The van der Waals surface area contributed by atoms with Crippen molar-refractivity contribution in [2.75, 3.05) is 0 Å². The first-order chi connectivity index (χ1) is 16.1. The summed E-state index contributed by atoms with van der Waals surface area (Å²) in [5.41, 5.74) is -2.46. The minimum Gasteiger partial charge on any atom is -0.273 e. The van der Waals surface area contributed by atoms with Crippen LogP contribution >= 0.6 is 0 Å². The summed E-state index contributed by atoms with van der Waals surface area (Å²) < 4.78 is 0. The smallest absolute Gasteiger partial charge is 0.273 e. The number of carbonyl (C=O) groups excluding carboxylic acids is 5. The van der Waals surface area contributed by atoms with Gasteiger partial charge in [-0.3, -0.25) is 19.4 Å². The zero-order valence-corrected chi connectivity index (χ0v) is 21.7. The van der Waals surface area contributed by atoms with Crippen molar-refractivity contribution in [3.8, 4) is 0 Å². The Kier molecular flexibility index (Phi) is 6.79. The number of amidine groups is 1. The molecule has 10 heteroatoms. The Bertz CT molecular complexity index is 1070. The molecule has 35 heavy (non-hydrogen) atoms. The fraction of sp³-hybridized carbons (Fsp3) is 0.760. The standard InChI is InChI=1S/C25H35N5O5/c1-16(33)28-19-20(34)30(25(7)11-18(27-15-32)9-23(4,5)13-25)21(35)29(19)24(6)10-17(26-14-31)8-22(2,3)12-24/h17-18H,8-13H2,1-7H3/t17-,18-,24-,25+/m0/s1. The average Bonchev–Trinajstić information content (AvgIpc) is 2.89. The third kappa shape index (κ3) is 5.19. The van der Waals surface area contributed by atoms with E-state index in [9.17, 15) is 24.0 Å². The molecule has 4 atom stereocenters. The summed E-state index contributed by atoms with van der Waals surface area (Å²) in [4.78, 5) is 76.4. The number of carbonyl (C=O) groups is 3. The maximum atomic E-state index is 14.1. The highest BCUT2D eigenvalue weighted by Crippen LogP contribution is 2.50. The lowest BCUT2D eigenvalue weighted by Gasteiger charge is -2.50. The van der Waals surface area contributed by atoms with Gasteiger partial charge in [0.1, 0.15) is 0 Å². The quantitative estimate of drug-likeness (QED) is 0.342. The number of urea groups is 1. The molecule has 3 aliphatic rings. The molecule has 0 bridgehead atoms. The number of aliphatic imine (C=N–C) groups is 3. The normalized spacial score (nSPS) is 35.5. The van der Waals surface area contributed by atoms with Crippen LogP contribution in [-0.4, -0.2) is 68.8 Å². The van der Waals surface area contributed by atoms with E-state index < -0.39 is 28.9 Å². The van der Waals surface area contributed by atoms with E-state index in [1.54, 1.807) is 12.2 Å². The van der Waals surface area contributed by atoms with E-state index in [0.717, 1.165) is 0 Å². The maximum Gasteiger partial charge on any atom is 0.333 e. The van der Waals surface area contributed by atoms with Crippen LogP contribution in [0, 0.1) is 10.8 Å². The second-order valence-corrected chi connectivity index (χ2v) is 12.5. The number of nitrogens with zero attached hydrogens (tertiary/aromatic N) is 5. The van der Waals surface area contributed by atoms with Crippen LogP contribution in [0.5, 0.6) is 0 Å². The molecule has 0 N–H and O–H groups in total. The van der Waals surface area contributed by atoms with Gasteiger partial charge in [-0.05, 0) is 63.2 Å². The van der Waals surface area contributed by atoms with Crippen LogP contribution in [0.4, 0.5) is 4.79 Å². The minimum absolute atomic E-state index is 0.212. The van der Waals surface area contributed by atoms with Gasteiger partial charge in [0, 0.05) is 6.92 Å². The van der Waals surface area contributed by atoms with E-state index in [4.69, 9.17) is 0 Å². The van der Waals surface area contributed by atoms with Crippen molar-refractivity contribution in [2.24, 2.45) is 25.8 Å². The molecule has 0 aromatic heterocycles. The van der Waals surface area contributed by atoms with Crippen LogP contribution < -0.4 is 0 Å². The third-order valence-corrected chi connectivity index (χ3v) is 7.45. The number of isocyanates is 2. The molecule has 3 fully saturated rings. The van der Waals surface area contributed by atoms with Crippen LogP contribution in [0.3, 0.4) is 0 Å². The summed E-state index contributed by atoms with van der Waals surface area (Å²) >= 11 is 0. The van der Waals surface area contributed by atoms with E-state index in [1.807, 2.05) is 41.5 Å². The molecule has 1 heterocycles. The first-order valence-corrected chi connectivity index (χ1v) is 12.0. The first kappa shape index (κ1) is 26.6. The number of imide groups is 1. The highest BCUT2D eigenvalue weighted by atomic mass is 16.2. The Morgan fingerprint density at radius 2 is 1.23 bits per heavy atom. The molecule has 10 nitrogen and oxygen atoms in total. The molecule has 1 saturated heterocycles. The first-order valence-electron chi connectivity index (χ1n) is 12.0. The van der Waals surface area contributed by atoms with Gasteiger partial charge in [0.2, 0.25) is 23.9 Å². The van der Waals surface area contributed by atoms with Crippen molar-refractivity contribution in [3.05, 3.63) is 0 Å². The van der Waals surface area contributed by atoms with Gasteiger partial charge in [0.05, 0.1) is 23.2 Å². The molecule has 0 aromatic carbocycles. The molecule has 0 radical (unpaired) electrons. The Labute approximate surface area is 205 Å². The molecular weight excluding hydrogens is 450 g/mol. The largest absolute Gasteiger partial charge is 0.333 e. The van der Waals surface area contributed by atoms with Gasteiger partial charge >= 0.3 is 6.03 Å². The van der Waals surface area contributed by atoms with Crippen molar-refractivity contribution >= 4 is 35.8 Å². The molecule has 2 saturated carbocycles. The van der Waals surface area contributed by atoms with Gasteiger partial charge in [0.15, 0.2) is 0 Å². The molecule has 0 spiro atoms. The van der Waals surface area contributed by atoms with Crippen LogP contribution in [0.2, 0.25) is 0 Å². The molecule has 0 aromatic rings. The van der Waals surface area contributed by atoms with Crippen molar-refractivity contribution in [2.45, 2.75) is 110 Å². The van der Waals surface area contributed by atoms with E-state index >= 15 is 0 Å². The number of rotatable bonds is 4. The van der Waals surface area contributed by atoms with Crippen LogP contribution in [0.15, 0.2) is 15.0 Å². The zero-order chi connectivity index (χ0) is 26.4. The third-order valence-electron chi connectivity index (χ3n) is 7.45. The van der Waals surface area contributed by atoms with Crippen molar-refractivity contribution in [1.29, 1.82) is 0 Å². The summed E-state index contributed by atoms with van der Waals surface area (Å²) in [5, 5.41) is 0. The van der Waals surface area contributed by atoms with Gasteiger partial charge in [0.25, 0.3) is 5.91 Å². The summed E-state index contributed by atoms with van der Waals surface area (Å²) in [6.07, 6.45) is 6.17. The molecule has 2 aliphatic carbocycles. The Morgan fingerprint density at radius 3 is 1.63 bits per heavy atom. The van der Waals surface area contributed by atoms with Gasteiger partial charge in [-0.1, -0.05) is 27.7 Å². The lowest BCUT2D eigenvalue weighted by molar-refractivity contribution is -0.127. The lowest BCUT2D eigenvalue weighted by Crippen LogP contribution is -2.59. The molecule has 190 valence electrons. The lowest BCUT2D eigenvalue weighted by atomic mass is 9.66. The highest BCUT2D eigenvalue weighted by molar-refractivity contribution is 6.48. The maximum absolute atomic E-state index is 14.1. The molecule has 3 rings (SSSR count). The van der Waals surface area contributed by atoms with E-state index in [1.165, 1.54) is 16.7 Å². The predicted octanol–water partition coefficient (Wildman–Crippen LogP) is 3.54. The van der Waals surface area contributed by atoms with Gasteiger partial charge in [-0.25, -0.2) is 24.4 Å². The highest BCUT2D eigenvalue weighted by Gasteiger charge is 2.60. The van der Waals surface area contributed by atoms with Gasteiger partial charge in [-0.2, -0.15) is 4.99 Å². The SMILES string of the molecule is CC(=O)N=C1C(=O)N([C@]2(C)C[C@@H](N=C=O)CC(C)(C)C2)C(=O)N1[C@@]1(C)C[C@@H](N=C=O)CC(C)(C)C1. The average molecular weight is 486 g/mol. The minimum atomic E-state index is -0.950. The summed E-state index contributed by atoms with van der Waals surface area (Å²) in [7, 11) is 0. The predicted molar refractivity (Wildman–Crippen MR) is 128 cm³/mol. The molecule has 0 unspecified atom stereocenters. The second-order valence-electron chi connectivity index (χ2n) is 12.5. The van der Waals surface area contributed by atoms with Crippen molar-refractivity contribution in [1.82, 2.24) is 9.80 Å². The fourth-order valence-electron chi connectivity index (χ4n) is 7.14. The van der Waals surface area contributed by atoms with Crippen LogP contribution in [0.1, 0.15) is 87.0 Å². The van der Waals surface area contributed by atoms with Crippen LogP contribution in [-0.2, 0) is 19.2 Å². The Morgan fingerprint density at radius 1 is 0.800 bits per heavy atom. The van der Waals surface area contributed by atoms with Gasteiger partial charge in [-0.15, -0.1) is 0 Å². The van der Waals surface area contributed by atoms with E-state index in [2.05, 4.69) is 15.0 Å². The number of hydrogen-bond acceptors (Lipinski definition) is 7. The van der Waals surface area contributed by atoms with E-state index in [0.29, 0.717) is 38.5 Å². The monoisotopic (exact) mass is 485 g/mol. The summed E-state index contributed by atoms with van der Waals surface area (Å²) in [6, 6.07) is -1.33. The Hall–Kier alpha value is -2.96. The zero-order valence-electron chi connectivity index (χ0n) is 21.7. The summed E-state index contributed by atoms with van der Waals surface area (Å²) in [5.74, 6) is -1.44. The topological polar surface area (TPSA) is 129 Å². The molecular formula is C25H35N5O5. The Balaban J connectivity index is 2.12. The van der Waals surface area contributed by atoms with Crippen LogP contribution in [0.25, 0.3) is 0 Å². The van der Waals surface area contributed by atoms with Gasteiger partial charge < -0.3 is 0 Å².